The summed E-state index contributed by atoms with van der Waals surface area (Å²) in [5.74, 6) is -0.508. The molecule has 1 saturated heterocycles. The number of hydrogen-bond acceptors (Lipinski definition) is 4. The Balaban J connectivity index is 1.86. The third-order valence-corrected chi connectivity index (χ3v) is 4.70. The van der Waals surface area contributed by atoms with Crippen molar-refractivity contribution in [3.05, 3.63) is 52.7 Å². The number of aromatic nitrogens is 1. The van der Waals surface area contributed by atoms with Crippen molar-refractivity contribution < 1.29 is 18.5 Å². The van der Waals surface area contributed by atoms with Crippen LogP contribution in [0.2, 0.25) is 0 Å². The van der Waals surface area contributed by atoms with Gasteiger partial charge in [-0.05, 0) is 57.7 Å². The van der Waals surface area contributed by atoms with E-state index in [1.165, 1.54) is 12.1 Å². The van der Waals surface area contributed by atoms with Gasteiger partial charge in [0.25, 0.3) is 11.8 Å². The normalized spacial score (nSPS) is 17.2. The number of carbonyl (C=O) groups excluding carboxylic acids is 2. The number of likely N-dealkylation sites (tertiary alicyclic amines) is 1. The number of hydrogen-bond donors (Lipinski definition) is 1. The van der Waals surface area contributed by atoms with E-state index in [0.29, 0.717) is 24.3 Å². The zero-order valence-corrected chi connectivity index (χ0v) is 15.8. The lowest BCUT2D eigenvalue weighted by Crippen LogP contribution is -2.38. The first-order chi connectivity index (χ1) is 12.9. The van der Waals surface area contributed by atoms with E-state index in [1.807, 2.05) is 13.8 Å². The Morgan fingerprint density at radius 1 is 1.30 bits per heavy atom. The van der Waals surface area contributed by atoms with Crippen molar-refractivity contribution in [1.29, 1.82) is 0 Å². The summed E-state index contributed by atoms with van der Waals surface area (Å²) in [5, 5.41) is 6.62. The van der Waals surface area contributed by atoms with Gasteiger partial charge in [-0.25, -0.2) is 4.39 Å². The molecule has 0 bridgehead atoms. The average Bonchev–Trinajstić information content (AvgIpc) is 3.13. The van der Waals surface area contributed by atoms with Gasteiger partial charge in [0.05, 0.1) is 6.04 Å². The second-order valence-electron chi connectivity index (χ2n) is 7.21. The second-order valence-corrected chi connectivity index (χ2v) is 7.21. The van der Waals surface area contributed by atoms with Gasteiger partial charge in [-0.3, -0.25) is 9.59 Å². The maximum Gasteiger partial charge on any atom is 0.273 e. The van der Waals surface area contributed by atoms with E-state index < -0.39 is 5.82 Å². The molecule has 1 N–H and O–H groups in total. The Kier molecular flexibility index (Phi) is 5.58. The van der Waals surface area contributed by atoms with Crippen LogP contribution in [0, 0.1) is 12.7 Å². The highest BCUT2D eigenvalue weighted by atomic mass is 19.1. The summed E-state index contributed by atoms with van der Waals surface area (Å²) in [6.45, 7) is 6.06. The van der Waals surface area contributed by atoms with Crippen molar-refractivity contribution in [3.63, 3.8) is 0 Å². The summed E-state index contributed by atoms with van der Waals surface area (Å²) in [7, 11) is 0. The molecule has 1 aromatic carbocycles. The lowest BCUT2D eigenvalue weighted by molar-refractivity contribution is 0.0568. The fourth-order valence-corrected chi connectivity index (χ4v) is 3.34. The lowest BCUT2D eigenvalue weighted by atomic mass is 9.97. The Morgan fingerprint density at radius 2 is 2.07 bits per heavy atom. The number of piperidine rings is 1. The SMILES string of the molecule is Cc1ccc(F)cc1C(=O)N1CCCCC1c1cc(C(=O)NC(C)C)no1. The number of carbonyl (C=O) groups is 2. The molecule has 0 spiro atoms. The van der Waals surface area contributed by atoms with Crippen LogP contribution in [0.25, 0.3) is 0 Å². The van der Waals surface area contributed by atoms with Crippen molar-refractivity contribution in [2.75, 3.05) is 6.54 Å². The highest BCUT2D eigenvalue weighted by Gasteiger charge is 2.32. The summed E-state index contributed by atoms with van der Waals surface area (Å²) in [6.07, 6.45) is 2.51. The van der Waals surface area contributed by atoms with Crippen LogP contribution in [0.3, 0.4) is 0 Å². The molecule has 2 aromatic rings. The Hall–Kier alpha value is -2.70. The Labute approximate surface area is 157 Å². The largest absolute Gasteiger partial charge is 0.358 e. The van der Waals surface area contributed by atoms with Crippen LogP contribution in [0.4, 0.5) is 4.39 Å². The summed E-state index contributed by atoms with van der Waals surface area (Å²) in [6, 6.07) is 5.47. The fraction of sp³-hybridized carbons (Fsp3) is 0.450. The summed E-state index contributed by atoms with van der Waals surface area (Å²) >= 11 is 0. The molecule has 6 nitrogen and oxygen atoms in total. The molecule has 1 unspecified atom stereocenters. The quantitative estimate of drug-likeness (QED) is 0.888. The van der Waals surface area contributed by atoms with Gasteiger partial charge < -0.3 is 14.7 Å². The van der Waals surface area contributed by atoms with Crippen LogP contribution in [-0.2, 0) is 0 Å². The molecule has 0 radical (unpaired) electrons. The maximum atomic E-state index is 13.6. The number of halogens is 1. The van der Waals surface area contributed by atoms with Crippen molar-refractivity contribution in [3.8, 4) is 0 Å². The molecule has 1 aliphatic heterocycles. The van der Waals surface area contributed by atoms with E-state index in [0.717, 1.165) is 18.4 Å². The van der Waals surface area contributed by atoms with E-state index >= 15 is 0 Å². The Morgan fingerprint density at radius 3 is 2.81 bits per heavy atom. The zero-order chi connectivity index (χ0) is 19.6. The number of amides is 2. The van der Waals surface area contributed by atoms with Gasteiger partial charge in [-0.1, -0.05) is 11.2 Å². The number of aryl methyl sites for hydroxylation is 1. The predicted octanol–water partition coefficient (Wildman–Crippen LogP) is 3.63. The third-order valence-electron chi connectivity index (χ3n) is 4.70. The van der Waals surface area contributed by atoms with Gasteiger partial charge in [-0.2, -0.15) is 0 Å². The second kappa shape index (κ2) is 7.90. The summed E-state index contributed by atoms with van der Waals surface area (Å²) in [4.78, 5) is 26.9. The van der Waals surface area contributed by atoms with Gasteiger partial charge in [0.15, 0.2) is 11.5 Å². The molecule has 144 valence electrons. The van der Waals surface area contributed by atoms with Gasteiger partial charge in [0.2, 0.25) is 0 Å². The van der Waals surface area contributed by atoms with Crippen LogP contribution >= 0.6 is 0 Å². The average molecular weight is 373 g/mol. The molecule has 2 amide bonds. The zero-order valence-electron chi connectivity index (χ0n) is 15.8. The number of nitrogens with one attached hydrogen (secondary N) is 1. The van der Waals surface area contributed by atoms with Gasteiger partial charge in [-0.15, -0.1) is 0 Å². The van der Waals surface area contributed by atoms with E-state index in [1.54, 1.807) is 24.0 Å². The molecule has 1 aliphatic rings. The van der Waals surface area contributed by atoms with Gasteiger partial charge in [0, 0.05) is 24.2 Å². The van der Waals surface area contributed by atoms with Crippen LogP contribution < -0.4 is 5.32 Å². The lowest BCUT2D eigenvalue weighted by Gasteiger charge is -2.34. The molecular formula is C20H24FN3O3. The highest BCUT2D eigenvalue weighted by Crippen LogP contribution is 2.33. The molecule has 1 fully saturated rings. The van der Waals surface area contributed by atoms with Gasteiger partial charge >= 0.3 is 0 Å². The predicted molar refractivity (Wildman–Crippen MR) is 97.9 cm³/mol. The summed E-state index contributed by atoms with van der Waals surface area (Å²) in [5.41, 5.74) is 1.26. The molecule has 7 heteroatoms. The van der Waals surface area contributed by atoms with Crippen LogP contribution in [0.15, 0.2) is 28.8 Å². The number of benzene rings is 1. The molecular weight excluding hydrogens is 349 g/mol. The number of nitrogens with zero attached hydrogens (tertiary/aromatic N) is 2. The van der Waals surface area contributed by atoms with Crippen LogP contribution in [0.5, 0.6) is 0 Å². The van der Waals surface area contributed by atoms with Crippen molar-refractivity contribution in [2.45, 2.75) is 52.1 Å². The summed E-state index contributed by atoms with van der Waals surface area (Å²) < 4.78 is 19.0. The molecule has 2 heterocycles. The Bertz CT molecular complexity index is 847. The molecule has 0 saturated carbocycles. The minimum Gasteiger partial charge on any atom is -0.358 e. The van der Waals surface area contributed by atoms with Crippen molar-refractivity contribution in [1.82, 2.24) is 15.4 Å². The highest BCUT2D eigenvalue weighted by molar-refractivity contribution is 5.96. The van der Waals surface area contributed by atoms with E-state index in [2.05, 4.69) is 10.5 Å². The molecule has 3 rings (SSSR count). The third kappa shape index (κ3) is 4.18. The fourth-order valence-electron chi connectivity index (χ4n) is 3.34. The van der Waals surface area contributed by atoms with Crippen molar-refractivity contribution >= 4 is 11.8 Å². The maximum absolute atomic E-state index is 13.6. The van der Waals surface area contributed by atoms with Crippen LogP contribution in [-0.4, -0.2) is 34.5 Å². The first-order valence-electron chi connectivity index (χ1n) is 9.21. The first-order valence-corrected chi connectivity index (χ1v) is 9.21. The molecule has 1 atom stereocenters. The number of rotatable bonds is 4. The minimum atomic E-state index is -0.440. The van der Waals surface area contributed by atoms with Crippen molar-refractivity contribution in [2.24, 2.45) is 0 Å². The first kappa shape index (κ1) is 19.1. The minimum absolute atomic E-state index is 0.0126. The van der Waals surface area contributed by atoms with E-state index in [9.17, 15) is 14.0 Å². The molecule has 1 aromatic heterocycles. The monoisotopic (exact) mass is 373 g/mol. The molecule has 0 aliphatic carbocycles. The smallest absolute Gasteiger partial charge is 0.273 e. The van der Waals surface area contributed by atoms with Crippen LogP contribution in [0.1, 0.15) is 71.3 Å². The molecule has 27 heavy (non-hydrogen) atoms. The van der Waals surface area contributed by atoms with E-state index in [4.69, 9.17) is 4.52 Å². The van der Waals surface area contributed by atoms with E-state index in [-0.39, 0.29) is 29.6 Å². The van der Waals surface area contributed by atoms with Gasteiger partial charge in [0.1, 0.15) is 5.82 Å². The standard InChI is InChI=1S/C20H24FN3O3/c1-12(2)22-19(25)16-11-18(27-23-16)17-6-4-5-9-24(17)20(26)15-10-14(21)8-7-13(15)3/h7-8,10-12,17H,4-6,9H2,1-3H3,(H,22,25). The topological polar surface area (TPSA) is 75.4 Å².